The Morgan fingerprint density at radius 3 is 2.61 bits per heavy atom. The molecule has 0 aliphatic heterocycles. The summed E-state index contributed by atoms with van der Waals surface area (Å²) in [6.45, 7) is 3.06. The van der Waals surface area contributed by atoms with Gasteiger partial charge in [-0.05, 0) is 31.0 Å². The van der Waals surface area contributed by atoms with Crippen LogP contribution in [0.25, 0.3) is 10.9 Å². The number of benzene rings is 2. The maximum absolute atomic E-state index is 12.1. The van der Waals surface area contributed by atoms with Crippen molar-refractivity contribution in [3.8, 4) is 5.88 Å². The largest absolute Gasteiger partial charge is 0.493 e. The molecule has 0 saturated heterocycles. The van der Waals surface area contributed by atoms with Crippen molar-refractivity contribution in [1.82, 2.24) is 9.88 Å². The number of para-hydroxylation sites is 1. The minimum absolute atomic E-state index is 0.0122. The van der Waals surface area contributed by atoms with Crippen molar-refractivity contribution in [1.29, 1.82) is 0 Å². The molecule has 8 heteroatoms. The predicted octanol–water partition coefficient (Wildman–Crippen LogP) is 5.62. The second-order valence-corrected chi connectivity index (χ2v) is 7.53. The predicted molar refractivity (Wildman–Crippen MR) is 121 cm³/mol. The summed E-state index contributed by atoms with van der Waals surface area (Å²) in [6, 6.07) is 14.3. The zero-order chi connectivity index (χ0) is 22.2. The lowest BCUT2D eigenvalue weighted by Gasteiger charge is -2.05. The number of hydrogen-bond acceptors (Lipinski definition) is 4. The zero-order valence-electron chi connectivity index (χ0n) is 17.3. The Balaban J connectivity index is 1.58. The lowest BCUT2D eigenvalue weighted by Crippen LogP contribution is -2.25. The molecule has 7 nitrogen and oxygen atoms in total. The third-order valence-electron chi connectivity index (χ3n) is 4.89. The quantitative estimate of drug-likeness (QED) is 0.333. The van der Waals surface area contributed by atoms with E-state index in [9.17, 15) is 14.7 Å². The normalized spacial score (nSPS) is 11.3. The fraction of sp³-hybridized carbons (Fsp3) is 0.304. The number of hydrogen-bond donors (Lipinski definition) is 2. The fourth-order valence-corrected chi connectivity index (χ4v) is 3.47. The molecule has 3 rings (SSSR count). The van der Waals surface area contributed by atoms with Crippen LogP contribution in [0.15, 0.2) is 58.8 Å². The highest BCUT2D eigenvalue weighted by atomic mass is 35.5. The third-order valence-corrected chi connectivity index (χ3v) is 5.22. The van der Waals surface area contributed by atoms with Crippen LogP contribution in [0.5, 0.6) is 5.88 Å². The minimum Gasteiger partial charge on any atom is -0.493 e. The molecule has 0 aliphatic rings. The molecule has 0 unspecified atom stereocenters. The standard InChI is InChI=1S/C23H25ClN4O3/c1-2-3-15-28-19-12-7-5-10-17(19)21(23(28)31)27-26-20(29)13-8-14-25-22(30)16-9-4-6-11-18(16)24/h4-7,9-12,31H,2-3,8,13-15H2,1H3,(H,25,30). The first kappa shape index (κ1) is 22.5. The maximum Gasteiger partial charge on any atom is 0.264 e. The molecular formula is C23H25ClN4O3. The number of nitrogens with zero attached hydrogens (tertiary/aromatic N) is 3. The van der Waals surface area contributed by atoms with Gasteiger partial charge in [0.05, 0.1) is 16.1 Å². The molecule has 31 heavy (non-hydrogen) atoms. The SMILES string of the molecule is CCCCn1c(O)c(N=NC(=O)CCCNC(=O)c2ccccc2Cl)c2ccccc21. The van der Waals surface area contributed by atoms with E-state index in [0.29, 0.717) is 35.8 Å². The van der Waals surface area contributed by atoms with Gasteiger partial charge in [-0.2, -0.15) is 0 Å². The summed E-state index contributed by atoms with van der Waals surface area (Å²) >= 11 is 6.00. The first-order chi connectivity index (χ1) is 15.0. The van der Waals surface area contributed by atoms with E-state index in [-0.39, 0.29) is 18.2 Å². The summed E-state index contributed by atoms with van der Waals surface area (Å²) in [6.07, 6.45) is 2.45. The van der Waals surface area contributed by atoms with Gasteiger partial charge in [0.25, 0.3) is 11.8 Å². The van der Waals surface area contributed by atoms with Crippen molar-refractivity contribution in [3.63, 3.8) is 0 Å². The smallest absolute Gasteiger partial charge is 0.264 e. The number of rotatable bonds is 9. The number of unbranched alkanes of at least 4 members (excludes halogenated alkanes) is 1. The molecule has 0 atom stereocenters. The number of amides is 2. The van der Waals surface area contributed by atoms with Crippen LogP contribution in [-0.2, 0) is 11.3 Å². The fourth-order valence-electron chi connectivity index (χ4n) is 3.25. The Morgan fingerprint density at radius 1 is 1.10 bits per heavy atom. The monoisotopic (exact) mass is 440 g/mol. The Morgan fingerprint density at radius 2 is 1.84 bits per heavy atom. The first-order valence-corrected chi connectivity index (χ1v) is 10.7. The van der Waals surface area contributed by atoms with E-state index < -0.39 is 5.91 Å². The Bertz CT molecular complexity index is 1110. The molecule has 0 aliphatic carbocycles. The van der Waals surface area contributed by atoms with E-state index in [1.165, 1.54) is 0 Å². The Kier molecular flexibility index (Phi) is 7.78. The molecule has 2 aromatic carbocycles. The van der Waals surface area contributed by atoms with Crippen LogP contribution < -0.4 is 5.32 Å². The van der Waals surface area contributed by atoms with Crippen LogP contribution in [0, 0.1) is 0 Å². The second kappa shape index (κ2) is 10.7. The summed E-state index contributed by atoms with van der Waals surface area (Å²) in [4.78, 5) is 24.2. The highest BCUT2D eigenvalue weighted by Crippen LogP contribution is 2.39. The van der Waals surface area contributed by atoms with Crippen LogP contribution in [-0.4, -0.2) is 28.0 Å². The molecule has 2 N–H and O–H groups in total. The van der Waals surface area contributed by atoms with E-state index in [1.54, 1.807) is 28.8 Å². The Labute approximate surface area is 185 Å². The summed E-state index contributed by atoms with van der Waals surface area (Å²) in [7, 11) is 0. The van der Waals surface area contributed by atoms with Crippen molar-refractivity contribution in [2.45, 2.75) is 39.2 Å². The van der Waals surface area contributed by atoms with E-state index in [2.05, 4.69) is 22.5 Å². The highest BCUT2D eigenvalue weighted by Gasteiger charge is 2.16. The van der Waals surface area contributed by atoms with Crippen LogP contribution >= 0.6 is 11.6 Å². The van der Waals surface area contributed by atoms with E-state index in [4.69, 9.17) is 11.6 Å². The second-order valence-electron chi connectivity index (χ2n) is 7.13. The van der Waals surface area contributed by atoms with Gasteiger partial charge >= 0.3 is 0 Å². The third kappa shape index (κ3) is 5.49. The molecule has 0 saturated carbocycles. The van der Waals surface area contributed by atoms with Crippen LogP contribution in [0.3, 0.4) is 0 Å². The van der Waals surface area contributed by atoms with Crippen molar-refractivity contribution < 1.29 is 14.7 Å². The molecular weight excluding hydrogens is 416 g/mol. The number of azo groups is 1. The van der Waals surface area contributed by atoms with Gasteiger partial charge < -0.3 is 15.0 Å². The van der Waals surface area contributed by atoms with Crippen LogP contribution in [0.4, 0.5) is 5.69 Å². The van der Waals surface area contributed by atoms with Crippen molar-refractivity contribution in [2.75, 3.05) is 6.54 Å². The summed E-state index contributed by atoms with van der Waals surface area (Å²) in [5.41, 5.74) is 1.55. The van der Waals surface area contributed by atoms with Crippen LogP contribution in [0.1, 0.15) is 43.0 Å². The number of halogens is 1. The average molecular weight is 441 g/mol. The number of aromatic hydroxyl groups is 1. The van der Waals surface area contributed by atoms with Gasteiger partial charge in [-0.25, -0.2) is 0 Å². The number of carbonyl (C=O) groups is 2. The Hall–Kier alpha value is -3.19. The van der Waals surface area contributed by atoms with E-state index >= 15 is 0 Å². The minimum atomic E-state index is -0.420. The zero-order valence-corrected chi connectivity index (χ0v) is 18.1. The van der Waals surface area contributed by atoms with Gasteiger partial charge in [0.1, 0.15) is 0 Å². The number of aromatic nitrogens is 1. The van der Waals surface area contributed by atoms with Crippen molar-refractivity contribution >= 4 is 40.0 Å². The molecule has 1 heterocycles. The van der Waals surface area contributed by atoms with Crippen molar-refractivity contribution in [3.05, 3.63) is 59.1 Å². The van der Waals surface area contributed by atoms with E-state index in [0.717, 1.165) is 23.7 Å². The highest BCUT2D eigenvalue weighted by molar-refractivity contribution is 6.33. The van der Waals surface area contributed by atoms with Gasteiger partial charge in [0, 0.05) is 24.9 Å². The molecule has 0 bridgehead atoms. The molecule has 0 fully saturated rings. The summed E-state index contributed by atoms with van der Waals surface area (Å²) in [5, 5.41) is 22.3. The molecule has 162 valence electrons. The van der Waals surface area contributed by atoms with E-state index in [1.807, 2.05) is 24.3 Å². The maximum atomic E-state index is 12.1. The lowest BCUT2D eigenvalue weighted by atomic mass is 10.2. The van der Waals surface area contributed by atoms with Crippen molar-refractivity contribution in [2.24, 2.45) is 10.2 Å². The molecule has 0 radical (unpaired) electrons. The topological polar surface area (TPSA) is 96.0 Å². The van der Waals surface area contributed by atoms with Gasteiger partial charge in [-0.15, -0.1) is 10.2 Å². The summed E-state index contributed by atoms with van der Waals surface area (Å²) in [5.74, 6) is -0.695. The van der Waals surface area contributed by atoms with Gasteiger partial charge in [0.2, 0.25) is 5.88 Å². The van der Waals surface area contributed by atoms with Crippen LogP contribution in [0.2, 0.25) is 5.02 Å². The average Bonchev–Trinajstić information content (AvgIpc) is 3.04. The van der Waals surface area contributed by atoms with Gasteiger partial charge in [0.15, 0.2) is 5.69 Å². The number of aryl methyl sites for hydroxylation is 1. The van der Waals surface area contributed by atoms with Gasteiger partial charge in [-0.1, -0.05) is 55.3 Å². The number of carbonyl (C=O) groups excluding carboxylic acids is 2. The molecule has 2 amide bonds. The molecule has 3 aromatic rings. The molecule has 0 spiro atoms. The first-order valence-electron chi connectivity index (χ1n) is 10.3. The van der Waals surface area contributed by atoms with Gasteiger partial charge in [-0.3, -0.25) is 9.59 Å². The lowest BCUT2D eigenvalue weighted by molar-refractivity contribution is -0.118. The summed E-state index contributed by atoms with van der Waals surface area (Å²) < 4.78 is 1.79. The molecule has 1 aromatic heterocycles. The number of nitrogens with one attached hydrogen (secondary N) is 1. The number of fused-ring (bicyclic) bond motifs is 1.